The van der Waals surface area contributed by atoms with E-state index in [4.69, 9.17) is 4.74 Å². The molecule has 0 unspecified atom stereocenters. The molecule has 0 fully saturated rings. The van der Waals surface area contributed by atoms with Crippen molar-refractivity contribution in [3.8, 4) is 5.75 Å². The maximum absolute atomic E-state index is 12.7. The van der Waals surface area contributed by atoms with E-state index in [9.17, 15) is 14.4 Å². The molecule has 286 valence electrons. The molecule has 1 atom stereocenters. The molecule has 0 radical (unpaired) electrons. The second kappa shape index (κ2) is 27.0. The minimum absolute atomic E-state index is 0.0270. The predicted molar refractivity (Wildman–Crippen MR) is 213 cm³/mol. The van der Waals surface area contributed by atoms with Crippen LogP contribution < -0.4 is 15.4 Å². The van der Waals surface area contributed by atoms with E-state index in [-0.39, 0.29) is 24.2 Å². The first-order valence-corrected chi connectivity index (χ1v) is 21.5. The molecule has 2 amide bonds. The summed E-state index contributed by atoms with van der Waals surface area (Å²) >= 11 is 1.84. The van der Waals surface area contributed by atoms with Gasteiger partial charge in [-0.15, -0.1) is 11.3 Å². The number of carbonyl (C=O) groups excluding carboxylic acids is 3. The molecule has 1 aromatic carbocycles. The van der Waals surface area contributed by atoms with Crippen molar-refractivity contribution >= 4 is 29.1 Å². The van der Waals surface area contributed by atoms with Crippen LogP contribution in [0.3, 0.4) is 0 Å². The average Bonchev–Trinajstić information content (AvgIpc) is 3.66. The monoisotopic (exact) mass is 724 g/mol. The van der Waals surface area contributed by atoms with E-state index in [1.54, 1.807) is 0 Å². The predicted octanol–water partition coefficient (Wildman–Crippen LogP) is 9.74. The van der Waals surface area contributed by atoms with Crippen LogP contribution in [0.1, 0.15) is 158 Å². The zero-order valence-corrected chi connectivity index (χ0v) is 32.9. The van der Waals surface area contributed by atoms with Gasteiger partial charge in [-0.2, -0.15) is 0 Å². The first-order chi connectivity index (χ1) is 25.0. The fourth-order valence-electron chi connectivity index (χ4n) is 7.24. The maximum Gasteiger partial charge on any atom is 0.312 e. The van der Waals surface area contributed by atoms with Gasteiger partial charge in [0, 0.05) is 43.4 Å². The quantitative estimate of drug-likeness (QED) is 0.0496. The molecule has 1 aliphatic carbocycles. The third-order valence-corrected chi connectivity index (χ3v) is 11.1. The fourth-order valence-corrected chi connectivity index (χ4v) is 7.94. The number of rotatable bonds is 29. The summed E-state index contributed by atoms with van der Waals surface area (Å²) in [7, 11) is 0. The van der Waals surface area contributed by atoms with Crippen LogP contribution in [0.15, 0.2) is 35.7 Å². The van der Waals surface area contributed by atoms with Crippen LogP contribution in [-0.4, -0.2) is 54.9 Å². The Morgan fingerprint density at radius 3 is 1.90 bits per heavy atom. The first-order valence-electron chi connectivity index (χ1n) is 20.6. The number of amides is 2. The highest BCUT2D eigenvalue weighted by atomic mass is 32.1. The topological polar surface area (TPSA) is 87.7 Å². The van der Waals surface area contributed by atoms with Gasteiger partial charge in [-0.25, -0.2) is 0 Å². The standard InChI is InChI=1S/C43H69N3O4S/c1-3-30-44-41(47)24-17-15-13-11-9-7-5-6-8-10-12-14-16-18-25-42(48)45-31-28-43(49)50-40-23-19-21-36-35-37(26-27-39(36)40)46(32-4-2)33-29-38-22-20-34-51-38/h19-23,34,37H,3-18,24-33,35H2,1-2H3,(H,44,47)(H,45,48)/t37-/m0/s1. The number of fused-ring (bicyclic) bond motifs is 1. The van der Waals surface area contributed by atoms with Crippen LogP contribution in [0.25, 0.3) is 0 Å². The van der Waals surface area contributed by atoms with E-state index < -0.39 is 0 Å². The third-order valence-electron chi connectivity index (χ3n) is 10.2. The number of nitrogens with zero attached hydrogens (tertiary/aromatic N) is 1. The number of esters is 1. The largest absolute Gasteiger partial charge is 0.426 e. The molecule has 1 aliphatic rings. The molecule has 8 heteroatoms. The van der Waals surface area contributed by atoms with Gasteiger partial charge in [0.25, 0.3) is 0 Å². The summed E-state index contributed by atoms with van der Waals surface area (Å²) in [4.78, 5) is 40.7. The molecular weight excluding hydrogens is 655 g/mol. The highest BCUT2D eigenvalue weighted by Crippen LogP contribution is 2.32. The summed E-state index contributed by atoms with van der Waals surface area (Å²) in [5.74, 6) is 0.642. The number of unbranched alkanes of at least 4 members (excludes halogenated alkanes) is 13. The van der Waals surface area contributed by atoms with Gasteiger partial charge < -0.3 is 15.4 Å². The van der Waals surface area contributed by atoms with Crippen molar-refractivity contribution in [2.24, 2.45) is 0 Å². The van der Waals surface area contributed by atoms with Crippen LogP contribution in [-0.2, 0) is 33.6 Å². The van der Waals surface area contributed by atoms with Crippen molar-refractivity contribution in [2.75, 3.05) is 26.2 Å². The first kappa shape index (κ1) is 42.7. The molecule has 0 saturated carbocycles. The summed E-state index contributed by atoms with van der Waals surface area (Å²) in [6.07, 6.45) is 24.7. The van der Waals surface area contributed by atoms with Crippen LogP contribution >= 0.6 is 11.3 Å². The maximum atomic E-state index is 12.7. The van der Waals surface area contributed by atoms with Gasteiger partial charge in [-0.3, -0.25) is 19.3 Å². The van der Waals surface area contributed by atoms with E-state index in [0.29, 0.717) is 31.2 Å². The molecule has 51 heavy (non-hydrogen) atoms. The number of hydrogen-bond acceptors (Lipinski definition) is 6. The van der Waals surface area contributed by atoms with Crippen molar-refractivity contribution in [3.63, 3.8) is 0 Å². The second-order valence-corrected chi connectivity index (χ2v) is 15.6. The Bertz CT molecular complexity index is 1230. The Hall–Kier alpha value is -2.71. The van der Waals surface area contributed by atoms with E-state index in [2.05, 4.69) is 53.0 Å². The fraction of sp³-hybridized carbons (Fsp3) is 0.698. The second-order valence-electron chi connectivity index (χ2n) is 14.5. The summed E-state index contributed by atoms with van der Waals surface area (Å²) < 4.78 is 5.83. The Kier molecular flexibility index (Phi) is 22.6. The van der Waals surface area contributed by atoms with Crippen LogP contribution in [0.2, 0.25) is 0 Å². The Labute approximate surface area is 314 Å². The van der Waals surface area contributed by atoms with Gasteiger partial charge in [0.1, 0.15) is 5.75 Å². The van der Waals surface area contributed by atoms with Crippen molar-refractivity contribution < 1.29 is 19.1 Å². The molecule has 0 saturated heterocycles. The van der Waals surface area contributed by atoms with Crippen molar-refractivity contribution in [1.82, 2.24) is 15.5 Å². The molecule has 1 heterocycles. The molecule has 0 aliphatic heterocycles. The lowest BCUT2D eigenvalue weighted by Gasteiger charge is -2.35. The lowest BCUT2D eigenvalue weighted by atomic mass is 9.86. The van der Waals surface area contributed by atoms with Gasteiger partial charge in [0.05, 0.1) is 6.42 Å². The van der Waals surface area contributed by atoms with Crippen LogP contribution in [0.5, 0.6) is 5.75 Å². The number of thiophene rings is 1. The van der Waals surface area contributed by atoms with Gasteiger partial charge in [0.2, 0.25) is 11.8 Å². The van der Waals surface area contributed by atoms with Crippen LogP contribution in [0.4, 0.5) is 0 Å². The molecule has 2 N–H and O–H groups in total. The Morgan fingerprint density at radius 1 is 0.725 bits per heavy atom. The van der Waals surface area contributed by atoms with Gasteiger partial charge in [-0.1, -0.05) is 109 Å². The zero-order valence-electron chi connectivity index (χ0n) is 32.1. The highest BCUT2D eigenvalue weighted by Gasteiger charge is 2.26. The smallest absolute Gasteiger partial charge is 0.312 e. The highest BCUT2D eigenvalue weighted by molar-refractivity contribution is 7.09. The van der Waals surface area contributed by atoms with E-state index in [0.717, 1.165) is 77.4 Å². The molecule has 0 bridgehead atoms. The molecule has 1 aromatic heterocycles. The summed E-state index contributed by atoms with van der Waals surface area (Å²) in [5, 5.41) is 8.02. The summed E-state index contributed by atoms with van der Waals surface area (Å²) in [6, 6.07) is 11.0. The van der Waals surface area contributed by atoms with E-state index in [1.807, 2.05) is 23.5 Å². The molecule has 2 aromatic rings. The summed E-state index contributed by atoms with van der Waals surface area (Å²) in [6.45, 7) is 7.65. The number of carbonyl (C=O) groups is 3. The van der Waals surface area contributed by atoms with Gasteiger partial charge in [0.15, 0.2) is 0 Å². The van der Waals surface area contributed by atoms with Crippen molar-refractivity contribution in [2.45, 2.75) is 168 Å². The van der Waals surface area contributed by atoms with Gasteiger partial charge in [-0.05, 0) is 86.6 Å². The lowest BCUT2D eigenvalue weighted by Crippen LogP contribution is -2.41. The molecule has 3 rings (SSSR count). The molecular formula is C43H69N3O4S. The van der Waals surface area contributed by atoms with Gasteiger partial charge >= 0.3 is 5.97 Å². The molecule has 7 nitrogen and oxygen atoms in total. The minimum Gasteiger partial charge on any atom is -0.426 e. The van der Waals surface area contributed by atoms with E-state index in [1.165, 1.54) is 86.6 Å². The summed E-state index contributed by atoms with van der Waals surface area (Å²) in [5.41, 5.74) is 2.46. The van der Waals surface area contributed by atoms with Crippen molar-refractivity contribution in [1.29, 1.82) is 0 Å². The number of benzene rings is 1. The minimum atomic E-state index is -0.283. The lowest BCUT2D eigenvalue weighted by molar-refractivity contribution is -0.134. The molecule has 0 spiro atoms. The third kappa shape index (κ3) is 18.6. The average molecular weight is 724 g/mol. The van der Waals surface area contributed by atoms with E-state index >= 15 is 0 Å². The van der Waals surface area contributed by atoms with Crippen molar-refractivity contribution in [3.05, 3.63) is 51.7 Å². The normalized spacial score (nSPS) is 14.0. The number of nitrogens with one attached hydrogen (secondary N) is 2. The number of hydrogen-bond donors (Lipinski definition) is 2. The SMILES string of the molecule is CCCNC(=O)CCCCCCCCCCCCCCCCC(=O)NCCC(=O)Oc1cccc2c1CC[C@H](N(CCC)CCc1cccs1)C2. The number of ether oxygens (including phenoxy) is 1. The zero-order chi connectivity index (χ0) is 36.4. The Morgan fingerprint density at radius 2 is 1.33 bits per heavy atom. The Balaban J connectivity index is 1.16. The van der Waals surface area contributed by atoms with Crippen LogP contribution in [0, 0.1) is 0 Å².